The SMILES string of the molecule is Cn1c(-c2ccc(C(=O)NCC(N)=O)cc2Cl)nnc1C1(c2ccccc2)CC1. The van der Waals surface area contributed by atoms with Gasteiger partial charge in [-0.05, 0) is 36.6 Å². The van der Waals surface area contributed by atoms with Gasteiger partial charge in [0.25, 0.3) is 5.91 Å². The Morgan fingerprint density at radius 3 is 2.52 bits per heavy atom. The standard InChI is InChI=1S/C21H20ClN5O2/c1-27-18(15-8-7-13(11-16(15)22)19(29)24-12-17(23)28)25-26-20(27)21(9-10-21)14-5-3-2-4-6-14/h2-8,11H,9-10,12H2,1H3,(H2,23,28)(H,24,29). The predicted molar refractivity (Wildman–Crippen MR) is 109 cm³/mol. The second-order valence-electron chi connectivity index (χ2n) is 7.20. The number of nitrogens with two attached hydrogens (primary N) is 1. The van der Waals surface area contributed by atoms with Gasteiger partial charge in [-0.2, -0.15) is 0 Å². The molecule has 0 bridgehead atoms. The molecule has 1 saturated carbocycles. The van der Waals surface area contributed by atoms with Gasteiger partial charge in [-0.3, -0.25) is 9.59 Å². The van der Waals surface area contributed by atoms with E-state index < -0.39 is 11.8 Å². The summed E-state index contributed by atoms with van der Waals surface area (Å²) in [5.41, 5.74) is 7.20. The van der Waals surface area contributed by atoms with Crippen LogP contribution in [0.4, 0.5) is 0 Å². The second kappa shape index (κ2) is 7.33. The number of hydrogen-bond acceptors (Lipinski definition) is 4. The highest BCUT2D eigenvalue weighted by Crippen LogP contribution is 2.53. The van der Waals surface area contributed by atoms with E-state index in [1.807, 2.05) is 29.8 Å². The minimum Gasteiger partial charge on any atom is -0.368 e. The van der Waals surface area contributed by atoms with Crippen LogP contribution in [0.25, 0.3) is 11.4 Å². The van der Waals surface area contributed by atoms with Crippen LogP contribution in [-0.2, 0) is 17.3 Å². The molecule has 3 aromatic rings. The molecule has 7 nitrogen and oxygen atoms in total. The van der Waals surface area contributed by atoms with Crippen molar-refractivity contribution in [2.24, 2.45) is 12.8 Å². The minimum atomic E-state index is -0.611. The van der Waals surface area contributed by atoms with Crippen molar-refractivity contribution < 1.29 is 9.59 Å². The molecule has 0 radical (unpaired) electrons. The number of nitrogens with one attached hydrogen (secondary N) is 1. The van der Waals surface area contributed by atoms with Crippen molar-refractivity contribution >= 4 is 23.4 Å². The van der Waals surface area contributed by atoms with Crippen molar-refractivity contribution in [3.8, 4) is 11.4 Å². The molecule has 0 unspecified atom stereocenters. The summed E-state index contributed by atoms with van der Waals surface area (Å²) in [6.07, 6.45) is 2.05. The van der Waals surface area contributed by atoms with E-state index in [1.54, 1.807) is 18.2 Å². The summed E-state index contributed by atoms with van der Waals surface area (Å²) in [4.78, 5) is 22.9. The highest BCUT2D eigenvalue weighted by atomic mass is 35.5. The number of carbonyl (C=O) groups is 2. The Balaban J connectivity index is 1.64. The molecule has 3 N–H and O–H groups in total. The summed E-state index contributed by atoms with van der Waals surface area (Å²) in [6.45, 7) is -0.230. The van der Waals surface area contributed by atoms with Crippen molar-refractivity contribution in [2.45, 2.75) is 18.3 Å². The first-order chi connectivity index (χ1) is 13.9. The number of carbonyl (C=O) groups excluding carboxylic acids is 2. The Hall–Kier alpha value is -3.19. The monoisotopic (exact) mass is 409 g/mol. The van der Waals surface area contributed by atoms with Gasteiger partial charge in [0.15, 0.2) is 5.82 Å². The van der Waals surface area contributed by atoms with Crippen LogP contribution in [-0.4, -0.2) is 33.1 Å². The highest BCUT2D eigenvalue weighted by Gasteiger charge is 2.49. The topological polar surface area (TPSA) is 103 Å². The third-order valence-electron chi connectivity index (χ3n) is 5.27. The smallest absolute Gasteiger partial charge is 0.251 e. The number of nitrogens with zero attached hydrogens (tertiary/aromatic N) is 3. The number of primary amides is 1. The Labute approximate surface area is 172 Å². The number of rotatable bonds is 6. The van der Waals surface area contributed by atoms with E-state index in [-0.39, 0.29) is 12.0 Å². The fraction of sp³-hybridized carbons (Fsp3) is 0.238. The van der Waals surface area contributed by atoms with Crippen molar-refractivity contribution in [2.75, 3.05) is 6.54 Å². The highest BCUT2D eigenvalue weighted by molar-refractivity contribution is 6.33. The summed E-state index contributed by atoms with van der Waals surface area (Å²) in [6, 6.07) is 15.2. The lowest BCUT2D eigenvalue weighted by atomic mass is 9.95. The molecule has 8 heteroatoms. The maximum absolute atomic E-state index is 12.1. The van der Waals surface area contributed by atoms with Crippen LogP contribution >= 0.6 is 11.6 Å². The molecule has 0 aliphatic heterocycles. The number of aromatic nitrogens is 3. The van der Waals surface area contributed by atoms with Crippen LogP contribution in [0.2, 0.25) is 5.02 Å². The molecule has 4 rings (SSSR count). The van der Waals surface area contributed by atoms with E-state index in [0.29, 0.717) is 22.0 Å². The van der Waals surface area contributed by atoms with Crippen LogP contribution in [0.1, 0.15) is 34.6 Å². The molecule has 1 aliphatic carbocycles. The number of hydrogen-bond donors (Lipinski definition) is 2. The molecule has 1 aromatic heterocycles. The van der Waals surface area contributed by atoms with E-state index in [1.165, 1.54) is 5.56 Å². The first kappa shape index (κ1) is 19.1. The van der Waals surface area contributed by atoms with Crippen molar-refractivity contribution in [3.05, 3.63) is 70.5 Å². The van der Waals surface area contributed by atoms with Gasteiger partial charge in [0.2, 0.25) is 5.91 Å². The van der Waals surface area contributed by atoms with E-state index in [9.17, 15) is 9.59 Å². The lowest BCUT2D eigenvalue weighted by molar-refractivity contribution is -0.117. The molecule has 1 heterocycles. The van der Waals surface area contributed by atoms with Crippen LogP contribution < -0.4 is 11.1 Å². The summed E-state index contributed by atoms with van der Waals surface area (Å²) < 4.78 is 1.97. The van der Waals surface area contributed by atoms with E-state index in [4.69, 9.17) is 17.3 Å². The van der Waals surface area contributed by atoms with Crippen LogP contribution in [0.15, 0.2) is 48.5 Å². The van der Waals surface area contributed by atoms with Gasteiger partial charge in [0.05, 0.1) is 17.0 Å². The molecule has 148 valence electrons. The molecule has 0 atom stereocenters. The Bertz CT molecular complexity index is 1090. The molecule has 2 aromatic carbocycles. The maximum atomic E-state index is 12.1. The van der Waals surface area contributed by atoms with E-state index in [2.05, 4.69) is 27.6 Å². The first-order valence-electron chi connectivity index (χ1n) is 9.24. The Morgan fingerprint density at radius 2 is 1.90 bits per heavy atom. The van der Waals surface area contributed by atoms with Gasteiger partial charge in [-0.25, -0.2) is 0 Å². The third-order valence-corrected chi connectivity index (χ3v) is 5.59. The quantitative estimate of drug-likeness (QED) is 0.652. The number of halogens is 1. The van der Waals surface area contributed by atoms with Crippen LogP contribution in [0.5, 0.6) is 0 Å². The lowest BCUT2D eigenvalue weighted by Gasteiger charge is -2.15. The van der Waals surface area contributed by atoms with E-state index in [0.717, 1.165) is 18.7 Å². The molecule has 0 spiro atoms. The largest absolute Gasteiger partial charge is 0.368 e. The van der Waals surface area contributed by atoms with Crippen LogP contribution in [0.3, 0.4) is 0 Å². The lowest BCUT2D eigenvalue weighted by Crippen LogP contribution is -2.33. The summed E-state index contributed by atoms with van der Waals surface area (Å²) in [7, 11) is 1.93. The minimum absolute atomic E-state index is 0.109. The molecule has 2 amide bonds. The molecule has 1 aliphatic rings. The van der Waals surface area contributed by atoms with Gasteiger partial charge in [-0.1, -0.05) is 41.9 Å². The van der Waals surface area contributed by atoms with Gasteiger partial charge in [-0.15, -0.1) is 10.2 Å². The van der Waals surface area contributed by atoms with Crippen molar-refractivity contribution in [1.82, 2.24) is 20.1 Å². The van der Waals surface area contributed by atoms with Crippen molar-refractivity contribution in [1.29, 1.82) is 0 Å². The average molecular weight is 410 g/mol. The molecule has 0 saturated heterocycles. The van der Waals surface area contributed by atoms with Gasteiger partial charge in [0, 0.05) is 18.2 Å². The molecular weight excluding hydrogens is 390 g/mol. The average Bonchev–Trinajstić information content (AvgIpc) is 3.43. The zero-order valence-electron chi connectivity index (χ0n) is 15.9. The van der Waals surface area contributed by atoms with Gasteiger partial charge in [0.1, 0.15) is 5.82 Å². The first-order valence-corrected chi connectivity index (χ1v) is 9.62. The van der Waals surface area contributed by atoms with Crippen LogP contribution in [0, 0.1) is 0 Å². The fourth-order valence-electron chi connectivity index (χ4n) is 3.61. The number of amides is 2. The summed E-state index contributed by atoms with van der Waals surface area (Å²) >= 11 is 6.45. The summed E-state index contributed by atoms with van der Waals surface area (Å²) in [5, 5.41) is 11.7. The second-order valence-corrected chi connectivity index (χ2v) is 7.61. The Morgan fingerprint density at radius 1 is 1.17 bits per heavy atom. The zero-order valence-corrected chi connectivity index (χ0v) is 16.6. The third kappa shape index (κ3) is 3.49. The zero-order chi connectivity index (χ0) is 20.6. The predicted octanol–water partition coefficient (Wildman–Crippen LogP) is 2.43. The summed E-state index contributed by atoms with van der Waals surface area (Å²) in [5.74, 6) is 0.506. The van der Waals surface area contributed by atoms with Crippen molar-refractivity contribution in [3.63, 3.8) is 0 Å². The van der Waals surface area contributed by atoms with Gasteiger partial charge >= 0.3 is 0 Å². The normalized spacial score (nSPS) is 14.4. The van der Waals surface area contributed by atoms with E-state index >= 15 is 0 Å². The Kier molecular flexibility index (Phi) is 4.84. The fourth-order valence-corrected chi connectivity index (χ4v) is 3.88. The molecule has 1 fully saturated rings. The molecular formula is C21H20ClN5O2. The number of benzene rings is 2. The maximum Gasteiger partial charge on any atom is 0.251 e. The van der Waals surface area contributed by atoms with Gasteiger partial charge < -0.3 is 15.6 Å². The molecule has 29 heavy (non-hydrogen) atoms.